The molecule has 1 fully saturated rings. The third kappa shape index (κ3) is 3.46. The molecule has 110 valence electrons. The Bertz CT molecular complexity index is 487. The molecule has 1 saturated heterocycles. The lowest BCUT2D eigenvalue weighted by atomic mass is 9.99. The number of carboxylic acids is 1. The molecule has 0 bridgehead atoms. The van der Waals surface area contributed by atoms with Crippen LogP contribution in [-0.4, -0.2) is 56.4 Å². The minimum absolute atomic E-state index is 0.210. The van der Waals surface area contributed by atoms with Gasteiger partial charge < -0.3 is 19.9 Å². The Kier molecular flexibility index (Phi) is 4.54. The molecule has 0 spiro atoms. The first-order valence-electron chi connectivity index (χ1n) is 6.66. The van der Waals surface area contributed by atoms with Crippen molar-refractivity contribution in [1.29, 1.82) is 0 Å². The van der Waals surface area contributed by atoms with Crippen LogP contribution in [0.3, 0.4) is 0 Å². The topological polar surface area (TPSA) is 100 Å². The fourth-order valence-corrected chi connectivity index (χ4v) is 2.29. The number of rotatable bonds is 4. The summed E-state index contributed by atoms with van der Waals surface area (Å²) < 4.78 is 1.80. The van der Waals surface area contributed by atoms with Gasteiger partial charge in [0.2, 0.25) is 0 Å². The number of nitrogens with one attached hydrogen (secondary N) is 1. The van der Waals surface area contributed by atoms with E-state index >= 15 is 0 Å². The van der Waals surface area contributed by atoms with Crippen LogP contribution in [0.2, 0.25) is 0 Å². The lowest BCUT2D eigenvalue weighted by molar-refractivity contribution is -0.143. The maximum atomic E-state index is 12.0. The summed E-state index contributed by atoms with van der Waals surface area (Å²) >= 11 is 0. The molecule has 2 amide bonds. The van der Waals surface area contributed by atoms with Crippen LogP contribution in [0.25, 0.3) is 0 Å². The van der Waals surface area contributed by atoms with Gasteiger partial charge in [-0.3, -0.25) is 4.79 Å². The molecule has 2 N–H and O–H groups in total. The minimum atomic E-state index is -0.832. The first-order valence-corrected chi connectivity index (χ1v) is 6.66. The van der Waals surface area contributed by atoms with E-state index in [1.165, 1.54) is 0 Å². The third-order valence-electron chi connectivity index (χ3n) is 3.49. The average molecular weight is 281 g/mol. The number of aromatic nitrogens is 3. The molecule has 1 atom stereocenters. The predicted molar refractivity (Wildman–Crippen MR) is 70.0 cm³/mol. The molecule has 1 aromatic heterocycles. The molecule has 20 heavy (non-hydrogen) atoms. The van der Waals surface area contributed by atoms with Gasteiger partial charge >= 0.3 is 12.0 Å². The number of carbonyl (C=O) groups excluding carboxylic acids is 1. The number of aryl methyl sites for hydroxylation is 1. The van der Waals surface area contributed by atoms with Crippen LogP contribution in [0.5, 0.6) is 0 Å². The van der Waals surface area contributed by atoms with Crippen molar-refractivity contribution in [1.82, 2.24) is 25.0 Å². The van der Waals surface area contributed by atoms with E-state index in [0.29, 0.717) is 25.9 Å². The fourth-order valence-electron chi connectivity index (χ4n) is 2.29. The van der Waals surface area contributed by atoms with E-state index in [1.807, 2.05) is 7.05 Å². The van der Waals surface area contributed by atoms with Gasteiger partial charge in [-0.1, -0.05) is 0 Å². The van der Waals surface area contributed by atoms with Crippen molar-refractivity contribution >= 4 is 12.0 Å². The highest BCUT2D eigenvalue weighted by atomic mass is 16.4. The minimum Gasteiger partial charge on any atom is -0.481 e. The highest BCUT2D eigenvalue weighted by Crippen LogP contribution is 2.16. The summed E-state index contributed by atoms with van der Waals surface area (Å²) in [4.78, 5) is 24.5. The van der Waals surface area contributed by atoms with Gasteiger partial charge in [-0.2, -0.15) is 0 Å². The van der Waals surface area contributed by atoms with Crippen LogP contribution in [-0.2, 0) is 18.3 Å². The van der Waals surface area contributed by atoms with Crippen LogP contribution < -0.4 is 5.32 Å². The van der Waals surface area contributed by atoms with Gasteiger partial charge in [-0.05, 0) is 12.8 Å². The zero-order chi connectivity index (χ0) is 14.5. The number of hydrogen-bond acceptors (Lipinski definition) is 4. The number of carbonyl (C=O) groups is 2. The predicted octanol–water partition coefficient (Wildman–Crippen LogP) is -0.136. The zero-order valence-electron chi connectivity index (χ0n) is 11.4. The van der Waals surface area contributed by atoms with Crippen molar-refractivity contribution < 1.29 is 14.7 Å². The van der Waals surface area contributed by atoms with Gasteiger partial charge in [0.25, 0.3) is 0 Å². The van der Waals surface area contributed by atoms with E-state index in [4.69, 9.17) is 5.11 Å². The molecule has 0 aromatic carbocycles. The number of amides is 2. The Labute approximate surface area is 116 Å². The van der Waals surface area contributed by atoms with Crippen molar-refractivity contribution in [3.63, 3.8) is 0 Å². The summed E-state index contributed by atoms with van der Waals surface area (Å²) in [7, 11) is 1.85. The van der Waals surface area contributed by atoms with E-state index in [9.17, 15) is 9.59 Å². The van der Waals surface area contributed by atoms with Gasteiger partial charge in [-0.15, -0.1) is 10.2 Å². The van der Waals surface area contributed by atoms with Crippen molar-refractivity contribution in [3.8, 4) is 0 Å². The molecule has 8 nitrogen and oxygen atoms in total. The Balaban J connectivity index is 1.77. The number of likely N-dealkylation sites (tertiary alicyclic amines) is 1. The zero-order valence-corrected chi connectivity index (χ0v) is 11.4. The molecule has 0 saturated carbocycles. The molecule has 2 rings (SSSR count). The van der Waals surface area contributed by atoms with Crippen molar-refractivity contribution in [3.05, 3.63) is 12.2 Å². The SMILES string of the molecule is Cn1cnnc1CCNC(=O)N1CCC[C@H](C(=O)O)C1. The smallest absolute Gasteiger partial charge is 0.317 e. The average Bonchev–Trinajstić information content (AvgIpc) is 2.84. The van der Waals surface area contributed by atoms with Crippen molar-refractivity contribution in [2.24, 2.45) is 13.0 Å². The molecule has 2 heterocycles. The summed E-state index contributed by atoms with van der Waals surface area (Å²) in [5.74, 6) is -0.484. The molecule has 1 aliphatic heterocycles. The fraction of sp³-hybridized carbons (Fsp3) is 0.667. The van der Waals surface area contributed by atoms with E-state index in [1.54, 1.807) is 15.8 Å². The molecule has 8 heteroatoms. The Hall–Kier alpha value is -2.12. The van der Waals surface area contributed by atoms with E-state index in [0.717, 1.165) is 12.2 Å². The number of hydrogen-bond donors (Lipinski definition) is 2. The van der Waals surface area contributed by atoms with Gasteiger partial charge in [0.05, 0.1) is 5.92 Å². The monoisotopic (exact) mass is 281 g/mol. The number of carboxylic acid groups (broad SMARTS) is 1. The molecular weight excluding hydrogens is 262 g/mol. The molecule has 1 aromatic rings. The third-order valence-corrected chi connectivity index (χ3v) is 3.49. The standard InChI is InChI=1S/C12H19N5O3/c1-16-8-14-15-10(16)4-5-13-12(20)17-6-2-3-9(7-17)11(18)19/h8-9H,2-7H2,1H3,(H,13,20)(H,18,19)/t9-/m0/s1. The van der Waals surface area contributed by atoms with Crippen LogP contribution >= 0.6 is 0 Å². The maximum Gasteiger partial charge on any atom is 0.317 e. The van der Waals surface area contributed by atoms with Crippen LogP contribution in [0.15, 0.2) is 6.33 Å². The van der Waals surface area contributed by atoms with Crippen molar-refractivity contribution in [2.45, 2.75) is 19.3 Å². The number of piperidine rings is 1. The quantitative estimate of drug-likeness (QED) is 0.800. The van der Waals surface area contributed by atoms with Crippen LogP contribution in [0.4, 0.5) is 4.79 Å². The molecular formula is C12H19N5O3. The second kappa shape index (κ2) is 6.36. The summed E-state index contributed by atoms with van der Waals surface area (Å²) in [6, 6.07) is -0.210. The Morgan fingerprint density at radius 2 is 2.35 bits per heavy atom. The first-order chi connectivity index (χ1) is 9.58. The lowest BCUT2D eigenvalue weighted by Gasteiger charge is -2.30. The number of urea groups is 1. The van der Waals surface area contributed by atoms with Gasteiger partial charge in [0, 0.05) is 33.1 Å². The maximum absolute atomic E-state index is 12.0. The second-order valence-electron chi connectivity index (χ2n) is 4.96. The summed E-state index contributed by atoms with van der Waals surface area (Å²) in [6.07, 6.45) is 3.57. The Morgan fingerprint density at radius 3 is 3.00 bits per heavy atom. The number of aliphatic carboxylic acids is 1. The van der Waals surface area contributed by atoms with Gasteiger partial charge in [0.1, 0.15) is 12.2 Å². The van der Waals surface area contributed by atoms with E-state index in [2.05, 4.69) is 15.5 Å². The molecule has 0 radical (unpaired) electrons. The second-order valence-corrected chi connectivity index (χ2v) is 4.96. The molecule has 1 aliphatic rings. The molecule has 0 aliphatic carbocycles. The molecule has 0 unspecified atom stereocenters. The summed E-state index contributed by atoms with van der Waals surface area (Å²) in [6.45, 7) is 1.35. The largest absolute Gasteiger partial charge is 0.481 e. The summed E-state index contributed by atoms with van der Waals surface area (Å²) in [5, 5.41) is 19.5. The van der Waals surface area contributed by atoms with E-state index in [-0.39, 0.29) is 12.6 Å². The lowest BCUT2D eigenvalue weighted by Crippen LogP contribution is -2.47. The number of nitrogens with zero attached hydrogens (tertiary/aromatic N) is 4. The van der Waals surface area contributed by atoms with Crippen LogP contribution in [0.1, 0.15) is 18.7 Å². The van der Waals surface area contributed by atoms with Crippen molar-refractivity contribution in [2.75, 3.05) is 19.6 Å². The van der Waals surface area contributed by atoms with Crippen LogP contribution in [0, 0.1) is 5.92 Å². The first kappa shape index (κ1) is 14.3. The normalized spacial score (nSPS) is 18.9. The van der Waals surface area contributed by atoms with E-state index < -0.39 is 11.9 Å². The summed E-state index contributed by atoms with van der Waals surface area (Å²) in [5.41, 5.74) is 0. The highest BCUT2D eigenvalue weighted by Gasteiger charge is 2.27. The van der Waals surface area contributed by atoms with Gasteiger partial charge in [0.15, 0.2) is 0 Å². The highest BCUT2D eigenvalue weighted by molar-refractivity contribution is 5.76. The Morgan fingerprint density at radius 1 is 1.55 bits per heavy atom. The van der Waals surface area contributed by atoms with Gasteiger partial charge in [-0.25, -0.2) is 4.79 Å².